The van der Waals surface area contributed by atoms with Gasteiger partial charge in [-0.1, -0.05) is 36.4 Å². The molecule has 4 rings (SSSR count). The first-order valence-corrected chi connectivity index (χ1v) is 17.3. The number of carbonyl (C=O) groups excluding carboxylic acids is 2. The summed E-state index contributed by atoms with van der Waals surface area (Å²) in [5, 5.41) is 6.87. The summed E-state index contributed by atoms with van der Waals surface area (Å²) in [6.07, 6.45) is 0. The monoisotopic (exact) mass is 655 g/mol. The van der Waals surface area contributed by atoms with Crippen molar-refractivity contribution in [3.8, 4) is 11.5 Å². The van der Waals surface area contributed by atoms with Gasteiger partial charge in [0, 0.05) is 22.8 Å². The van der Waals surface area contributed by atoms with Gasteiger partial charge in [-0.25, -0.2) is 8.42 Å². The fourth-order valence-electron chi connectivity index (χ4n) is 4.49. The maximum absolute atomic E-state index is 13.9. The zero-order valence-corrected chi connectivity index (χ0v) is 27.4. The van der Waals surface area contributed by atoms with E-state index in [-0.39, 0.29) is 31.3 Å². The molecule has 2 aromatic carbocycles. The molecule has 0 aliphatic rings. The molecule has 234 valence electrons. The van der Waals surface area contributed by atoms with E-state index in [1.54, 1.807) is 66.1 Å². The van der Waals surface area contributed by atoms with Crippen LogP contribution in [0.1, 0.15) is 27.8 Å². The summed E-state index contributed by atoms with van der Waals surface area (Å²) in [5.74, 6) is 0.256. The minimum Gasteiger partial charge on any atom is -0.497 e. The molecule has 0 aliphatic heterocycles. The highest BCUT2D eigenvalue weighted by Crippen LogP contribution is 2.21. The predicted molar refractivity (Wildman–Crippen MR) is 174 cm³/mol. The second-order valence-electron chi connectivity index (χ2n) is 10.2. The van der Waals surface area contributed by atoms with Crippen molar-refractivity contribution in [3.05, 3.63) is 104 Å². The first kappa shape index (κ1) is 33.3. The van der Waals surface area contributed by atoms with Crippen molar-refractivity contribution < 1.29 is 27.5 Å². The fourth-order valence-corrected chi connectivity index (χ4v) is 7.61. The van der Waals surface area contributed by atoms with Gasteiger partial charge in [-0.15, -0.1) is 22.7 Å². The third-order valence-corrected chi connectivity index (χ3v) is 10.5. The SMILES string of the molecule is COc1ccc(CN(Cc2ccc(OC)cc2)S(=O)(=O)CC(NCC(=O)N(Cc2cccs2)Cc2cccs2)C(C)=O)cc1. The Morgan fingerprint density at radius 3 is 1.64 bits per heavy atom. The number of methoxy groups -OCH3 is 2. The lowest BCUT2D eigenvalue weighted by molar-refractivity contribution is -0.131. The molecule has 0 aliphatic carbocycles. The van der Waals surface area contributed by atoms with Gasteiger partial charge in [-0.2, -0.15) is 4.31 Å². The van der Waals surface area contributed by atoms with Crippen LogP contribution in [-0.2, 0) is 45.8 Å². The standard InChI is InChI=1S/C32H37N3O6S3/c1-24(36)31(33-18-32(37)34(21-29-6-4-16-42-29)22-30-7-5-17-43-30)23-44(38,39)35(19-25-8-12-27(40-2)13-9-25)20-26-10-14-28(41-3)15-11-26/h4-17,31,33H,18-23H2,1-3H3. The molecular formula is C32H37N3O6S3. The van der Waals surface area contributed by atoms with Crippen LogP contribution in [0.3, 0.4) is 0 Å². The minimum atomic E-state index is -3.98. The van der Waals surface area contributed by atoms with Crippen LogP contribution in [0.4, 0.5) is 0 Å². The quantitative estimate of drug-likeness (QED) is 0.172. The minimum absolute atomic E-state index is 0.0946. The Morgan fingerprint density at radius 2 is 1.25 bits per heavy atom. The summed E-state index contributed by atoms with van der Waals surface area (Å²) in [7, 11) is -0.842. The Morgan fingerprint density at radius 1 is 0.773 bits per heavy atom. The van der Waals surface area contributed by atoms with E-state index in [1.807, 2.05) is 59.3 Å². The smallest absolute Gasteiger partial charge is 0.237 e. The number of hydrogen-bond donors (Lipinski definition) is 1. The van der Waals surface area contributed by atoms with Crippen LogP contribution in [0.5, 0.6) is 11.5 Å². The molecule has 0 radical (unpaired) electrons. The highest BCUT2D eigenvalue weighted by molar-refractivity contribution is 7.89. The second-order valence-corrected chi connectivity index (χ2v) is 14.3. The molecule has 2 aromatic heterocycles. The molecule has 1 N–H and O–H groups in total. The Balaban J connectivity index is 1.49. The fraction of sp³-hybridized carbons (Fsp3) is 0.312. The number of nitrogens with one attached hydrogen (secondary N) is 1. The van der Waals surface area contributed by atoms with Crippen LogP contribution in [0, 0.1) is 0 Å². The normalized spacial score (nSPS) is 12.2. The molecule has 9 nitrogen and oxygen atoms in total. The van der Waals surface area contributed by atoms with Gasteiger partial charge in [0.05, 0.1) is 45.6 Å². The van der Waals surface area contributed by atoms with Gasteiger partial charge in [-0.05, 0) is 65.2 Å². The van der Waals surface area contributed by atoms with Crippen LogP contribution in [-0.4, -0.2) is 61.9 Å². The molecule has 0 fully saturated rings. The van der Waals surface area contributed by atoms with E-state index in [0.29, 0.717) is 24.6 Å². The Hall–Kier alpha value is -3.55. The van der Waals surface area contributed by atoms with Crippen LogP contribution >= 0.6 is 22.7 Å². The van der Waals surface area contributed by atoms with E-state index < -0.39 is 21.8 Å². The van der Waals surface area contributed by atoms with Gasteiger partial charge in [0.25, 0.3) is 0 Å². The van der Waals surface area contributed by atoms with E-state index in [1.165, 1.54) is 11.2 Å². The van der Waals surface area contributed by atoms with Crippen LogP contribution in [0.2, 0.25) is 0 Å². The van der Waals surface area contributed by atoms with Crippen LogP contribution < -0.4 is 14.8 Å². The van der Waals surface area contributed by atoms with Crippen molar-refractivity contribution in [2.24, 2.45) is 0 Å². The lowest BCUT2D eigenvalue weighted by atomic mass is 10.2. The molecule has 0 saturated carbocycles. The number of benzene rings is 2. The molecule has 1 amide bonds. The first-order valence-electron chi connectivity index (χ1n) is 14.0. The van der Waals surface area contributed by atoms with Gasteiger partial charge in [-0.3, -0.25) is 14.9 Å². The molecule has 0 bridgehead atoms. The van der Waals surface area contributed by atoms with Crippen molar-refractivity contribution in [2.75, 3.05) is 26.5 Å². The summed E-state index contributed by atoms with van der Waals surface area (Å²) >= 11 is 3.13. The highest BCUT2D eigenvalue weighted by Gasteiger charge is 2.30. The van der Waals surface area contributed by atoms with Gasteiger partial charge >= 0.3 is 0 Å². The Bertz CT molecular complexity index is 1490. The number of Topliss-reactive ketones (excluding diaryl/α,β-unsaturated/α-hetero) is 1. The summed E-state index contributed by atoms with van der Waals surface area (Å²) in [6.45, 7) is 2.21. The van der Waals surface area contributed by atoms with Crippen molar-refractivity contribution in [3.63, 3.8) is 0 Å². The summed E-state index contributed by atoms with van der Waals surface area (Å²) in [4.78, 5) is 29.9. The van der Waals surface area contributed by atoms with E-state index in [4.69, 9.17) is 9.47 Å². The molecule has 2 heterocycles. The molecule has 0 saturated heterocycles. The third kappa shape index (κ3) is 9.73. The first-order chi connectivity index (χ1) is 21.2. The van der Waals surface area contributed by atoms with E-state index >= 15 is 0 Å². The van der Waals surface area contributed by atoms with E-state index in [2.05, 4.69) is 5.32 Å². The van der Waals surface area contributed by atoms with Crippen molar-refractivity contribution in [1.82, 2.24) is 14.5 Å². The van der Waals surface area contributed by atoms with Gasteiger partial charge in [0.15, 0.2) is 0 Å². The summed E-state index contributed by atoms with van der Waals surface area (Å²) in [6, 6.07) is 21.1. The largest absolute Gasteiger partial charge is 0.497 e. The maximum atomic E-state index is 13.9. The number of sulfonamides is 1. The van der Waals surface area contributed by atoms with Crippen molar-refractivity contribution in [1.29, 1.82) is 0 Å². The average Bonchev–Trinajstić information content (AvgIpc) is 3.74. The highest BCUT2D eigenvalue weighted by atomic mass is 32.2. The topological polar surface area (TPSA) is 105 Å². The zero-order valence-electron chi connectivity index (χ0n) is 25.0. The Kier molecular flexibility index (Phi) is 12.1. The van der Waals surface area contributed by atoms with Gasteiger partial charge in [0.2, 0.25) is 15.9 Å². The number of ketones is 1. The third-order valence-electron chi connectivity index (χ3n) is 7.00. The van der Waals surface area contributed by atoms with E-state index in [9.17, 15) is 18.0 Å². The zero-order chi connectivity index (χ0) is 31.5. The summed E-state index contributed by atoms with van der Waals surface area (Å²) in [5.41, 5.74) is 1.53. The average molecular weight is 656 g/mol. The number of hydrogen-bond acceptors (Lipinski definition) is 9. The number of rotatable bonds is 17. The number of carbonyl (C=O) groups is 2. The molecule has 12 heteroatoms. The predicted octanol–water partition coefficient (Wildman–Crippen LogP) is 4.94. The van der Waals surface area contributed by atoms with Crippen LogP contribution in [0.15, 0.2) is 83.6 Å². The molecule has 0 spiro atoms. The number of amides is 1. The number of ether oxygens (including phenoxy) is 2. The van der Waals surface area contributed by atoms with Crippen molar-refractivity contribution in [2.45, 2.75) is 39.1 Å². The molecular weight excluding hydrogens is 619 g/mol. The molecule has 4 aromatic rings. The van der Waals surface area contributed by atoms with Gasteiger partial charge < -0.3 is 14.4 Å². The van der Waals surface area contributed by atoms with E-state index in [0.717, 1.165) is 20.9 Å². The lowest BCUT2D eigenvalue weighted by Crippen LogP contribution is -2.48. The molecule has 44 heavy (non-hydrogen) atoms. The van der Waals surface area contributed by atoms with Crippen molar-refractivity contribution >= 4 is 44.4 Å². The van der Waals surface area contributed by atoms with Gasteiger partial charge in [0.1, 0.15) is 17.3 Å². The second kappa shape index (κ2) is 16.0. The van der Waals surface area contributed by atoms with Crippen LogP contribution in [0.25, 0.3) is 0 Å². The lowest BCUT2D eigenvalue weighted by Gasteiger charge is -2.26. The maximum Gasteiger partial charge on any atom is 0.237 e. The number of thiophene rings is 2. The molecule has 1 unspecified atom stereocenters. The number of nitrogens with zero attached hydrogens (tertiary/aromatic N) is 2. The summed E-state index contributed by atoms with van der Waals surface area (Å²) < 4.78 is 39.6. The molecule has 1 atom stereocenters. The Labute approximate surface area is 267 Å².